The van der Waals surface area contributed by atoms with Crippen molar-refractivity contribution in [1.82, 2.24) is 4.98 Å². The van der Waals surface area contributed by atoms with E-state index in [2.05, 4.69) is 10.3 Å². The Labute approximate surface area is 92.1 Å². The lowest BCUT2D eigenvalue weighted by Gasteiger charge is -2.06. The molecule has 1 N–H and O–H groups in total. The van der Waals surface area contributed by atoms with Gasteiger partial charge in [0.1, 0.15) is 5.88 Å². The van der Waals surface area contributed by atoms with Gasteiger partial charge < -0.3 is 5.32 Å². The first-order valence-corrected chi connectivity index (χ1v) is 5.04. The van der Waals surface area contributed by atoms with E-state index < -0.39 is 0 Å². The lowest BCUT2D eigenvalue weighted by atomic mass is 10.2. The van der Waals surface area contributed by atoms with Gasteiger partial charge in [-0.05, 0) is 12.1 Å². The standard InChI is InChI=1S/C11H9ClN2O/c12-7-11(15)14-10-5-6-13-9-4-2-1-3-8(9)10/h1-6H,7H2,(H,13,14,15). The van der Waals surface area contributed by atoms with Gasteiger partial charge in [-0.15, -0.1) is 11.6 Å². The van der Waals surface area contributed by atoms with E-state index in [4.69, 9.17) is 11.6 Å². The van der Waals surface area contributed by atoms with Crippen LogP contribution in [0.2, 0.25) is 0 Å². The second kappa shape index (κ2) is 4.28. The summed E-state index contributed by atoms with van der Waals surface area (Å²) in [6.45, 7) is 0. The molecular formula is C11H9ClN2O. The zero-order valence-electron chi connectivity index (χ0n) is 7.90. The van der Waals surface area contributed by atoms with Crippen LogP contribution in [0.5, 0.6) is 0 Å². The number of hydrogen-bond donors (Lipinski definition) is 1. The number of rotatable bonds is 2. The van der Waals surface area contributed by atoms with Crippen molar-refractivity contribution < 1.29 is 4.79 Å². The second-order valence-electron chi connectivity index (χ2n) is 3.06. The van der Waals surface area contributed by atoms with Gasteiger partial charge in [-0.25, -0.2) is 0 Å². The molecule has 4 heteroatoms. The fourth-order valence-electron chi connectivity index (χ4n) is 1.39. The largest absolute Gasteiger partial charge is 0.324 e. The summed E-state index contributed by atoms with van der Waals surface area (Å²) in [7, 11) is 0. The Hall–Kier alpha value is -1.61. The van der Waals surface area contributed by atoms with Gasteiger partial charge in [0.25, 0.3) is 0 Å². The third kappa shape index (κ3) is 2.07. The van der Waals surface area contributed by atoms with E-state index >= 15 is 0 Å². The summed E-state index contributed by atoms with van der Waals surface area (Å²) in [4.78, 5) is 15.4. The fourth-order valence-corrected chi connectivity index (χ4v) is 1.46. The van der Waals surface area contributed by atoms with Crippen LogP contribution in [-0.4, -0.2) is 16.8 Å². The molecule has 1 heterocycles. The number of halogens is 1. The van der Waals surface area contributed by atoms with E-state index in [-0.39, 0.29) is 11.8 Å². The lowest BCUT2D eigenvalue weighted by Crippen LogP contribution is -2.12. The van der Waals surface area contributed by atoms with Crippen LogP contribution < -0.4 is 5.32 Å². The molecule has 1 aromatic carbocycles. The van der Waals surface area contributed by atoms with Crippen molar-refractivity contribution in [2.24, 2.45) is 0 Å². The van der Waals surface area contributed by atoms with Crippen molar-refractivity contribution in [3.05, 3.63) is 36.5 Å². The van der Waals surface area contributed by atoms with Crippen molar-refractivity contribution in [2.45, 2.75) is 0 Å². The maximum absolute atomic E-state index is 11.2. The molecule has 0 radical (unpaired) electrons. The monoisotopic (exact) mass is 220 g/mol. The first kappa shape index (κ1) is 9.93. The Kier molecular flexibility index (Phi) is 2.83. The van der Waals surface area contributed by atoms with E-state index in [1.165, 1.54) is 0 Å². The van der Waals surface area contributed by atoms with E-state index in [1.807, 2.05) is 24.3 Å². The first-order chi connectivity index (χ1) is 7.31. The van der Waals surface area contributed by atoms with Crippen molar-refractivity contribution in [3.63, 3.8) is 0 Å². The number of nitrogens with zero attached hydrogens (tertiary/aromatic N) is 1. The Morgan fingerprint density at radius 1 is 1.33 bits per heavy atom. The van der Waals surface area contributed by atoms with Gasteiger partial charge in [0, 0.05) is 11.6 Å². The molecule has 3 nitrogen and oxygen atoms in total. The quantitative estimate of drug-likeness (QED) is 0.790. The highest BCUT2D eigenvalue weighted by atomic mass is 35.5. The minimum absolute atomic E-state index is 0.0450. The molecule has 0 spiro atoms. The summed E-state index contributed by atoms with van der Waals surface area (Å²) >= 11 is 5.43. The van der Waals surface area contributed by atoms with Crippen LogP contribution >= 0.6 is 11.6 Å². The third-order valence-corrected chi connectivity index (χ3v) is 2.29. The number of benzene rings is 1. The molecule has 2 rings (SSSR count). The Bertz CT molecular complexity index is 493. The molecular weight excluding hydrogens is 212 g/mol. The van der Waals surface area contributed by atoms with Gasteiger partial charge in [0.2, 0.25) is 5.91 Å². The molecule has 0 aliphatic carbocycles. The maximum Gasteiger partial charge on any atom is 0.239 e. The number of hydrogen-bond acceptors (Lipinski definition) is 2. The number of fused-ring (bicyclic) bond motifs is 1. The van der Waals surface area contributed by atoms with Gasteiger partial charge >= 0.3 is 0 Å². The predicted octanol–water partition coefficient (Wildman–Crippen LogP) is 2.41. The average Bonchev–Trinajstić information content (AvgIpc) is 2.29. The summed E-state index contributed by atoms with van der Waals surface area (Å²) in [6.07, 6.45) is 1.66. The van der Waals surface area contributed by atoms with Crippen molar-refractivity contribution in [1.29, 1.82) is 0 Å². The summed E-state index contributed by atoms with van der Waals surface area (Å²) in [5.41, 5.74) is 1.59. The smallest absolute Gasteiger partial charge is 0.239 e. The summed E-state index contributed by atoms with van der Waals surface area (Å²) in [5.74, 6) is -0.260. The molecule has 0 saturated heterocycles. The van der Waals surface area contributed by atoms with Gasteiger partial charge in [-0.1, -0.05) is 18.2 Å². The summed E-state index contributed by atoms with van der Waals surface area (Å²) in [5, 5.41) is 3.64. The van der Waals surface area contributed by atoms with Crippen molar-refractivity contribution >= 4 is 34.1 Å². The topological polar surface area (TPSA) is 42.0 Å². The highest BCUT2D eigenvalue weighted by molar-refractivity contribution is 6.29. The van der Waals surface area contributed by atoms with Crippen LogP contribution in [0.3, 0.4) is 0 Å². The maximum atomic E-state index is 11.2. The van der Waals surface area contributed by atoms with E-state index in [9.17, 15) is 4.79 Å². The minimum atomic E-state index is -0.215. The van der Waals surface area contributed by atoms with Gasteiger partial charge in [0.05, 0.1) is 11.2 Å². The molecule has 0 aliphatic heterocycles. The number of carbonyl (C=O) groups excluding carboxylic acids is 1. The number of carbonyl (C=O) groups is 1. The first-order valence-electron chi connectivity index (χ1n) is 4.51. The molecule has 1 amide bonds. The highest BCUT2D eigenvalue weighted by Crippen LogP contribution is 2.20. The molecule has 0 aliphatic rings. The zero-order chi connectivity index (χ0) is 10.7. The van der Waals surface area contributed by atoms with Gasteiger partial charge in [0.15, 0.2) is 0 Å². The van der Waals surface area contributed by atoms with Crippen molar-refractivity contribution in [3.8, 4) is 0 Å². The normalized spacial score (nSPS) is 10.2. The molecule has 0 bridgehead atoms. The van der Waals surface area contributed by atoms with Crippen LogP contribution in [0.4, 0.5) is 5.69 Å². The highest BCUT2D eigenvalue weighted by Gasteiger charge is 2.03. The number of aromatic nitrogens is 1. The van der Waals surface area contributed by atoms with Crippen LogP contribution in [0.25, 0.3) is 10.9 Å². The minimum Gasteiger partial charge on any atom is -0.324 e. The number of pyridine rings is 1. The number of para-hydroxylation sites is 1. The molecule has 1 aromatic heterocycles. The van der Waals surface area contributed by atoms with E-state index in [0.717, 1.165) is 16.6 Å². The average molecular weight is 221 g/mol. The van der Waals surface area contributed by atoms with E-state index in [1.54, 1.807) is 12.3 Å². The predicted molar refractivity (Wildman–Crippen MR) is 61.1 cm³/mol. The van der Waals surface area contributed by atoms with Crippen LogP contribution in [0.15, 0.2) is 36.5 Å². The number of alkyl halides is 1. The number of nitrogens with one attached hydrogen (secondary N) is 1. The fraction of sp³-hybridized carbons (Fsp3) is 0.0909. The molecule has 76 valence electrons. The summed E-state index contributed by atoms with van der Waals surface area (Å²) in [6, 6.07) is 9.37. The Morgan fingerprint density at radius 2 is 2.13 bits per heavy atom. The third-order valence-electron chi connectivity index (χ3n) is 2.04. The number of anilines is 1. The lowest BCUT2D eigenvalue weighted by molar-refractivity contribution is -0.113. The molecule has 2 aromatic rings. The Balaban J connectivity index is 2.46. The molecule has 0 saturated carbocycles. The van der Waals surface area contributed by atoms with Gasteiger partial charge in [-0.3, -0.25) is 9.78 Å². The van der Waals surface area contributed by atoms with Crippen LogP contribution in [-0.2, 0) is 4.79 Å². The Morgan fingerprint density at radius 3 is 2.93 bits per heavy atom. The molecule has 0 atom stereocenters. The van der Waals surface area contributed by atoms with Crippen LogP contribution in [0.1, 0.15) is 0 Å². The van der Waals surface area contributed by atoms with Crippen molar-refractivity contribution in [2.75, 3.05) is 11.2 Å². The van der Waals surface area contributed by atoms with Gasteiger partial charge in [-0.2, -0.15) is 0 Å². The number of amides is 1. The molecule has 15 heavy (non-hydrogen) atoms. The molecule has 0 unspecified atom stereocenters. The zero-order valence-corrected chi connectivity index (χ0v) is 8.66. The molecule has 0 fully saturated rings. The second-order valence-corrected chi connectivity index (χ2v) is 3.32. The van der Waals surface area contributed by atoms with E-state index in [0.29, 0.717) is 0 Å². The SMILES string of the molecule is O=C(CCl)Nc1ccnc2ccccc12. The van der Waals surface area contributed by atoms with Crippen LogP contribution in [0, 0.1) is 0 Å². The summed E-state index contributed by atoms with van der Waals surface area (Å²) < 4.78 is 0.